The van der Waals surface area contributed by atoms with Gasteiger partial charge in [0.05, 0.1) is 4.90 Å². The van der Waals surface area contributed by atoms with E-state index in [1.165, 1.54) is 4.31 Å². The van der Waals surface area contributed by atoms with Gasteiger partial charge in [0.2, 0.25) is 10.0 Å². The molecular formula is C21H24F2N4O2S. The fourth-order valence-corrected chi connectivity index (χ4v) is 5.56. The molecule has 1 fully saturated rings. The molecule has 3 heterocycles. The van der Waals surface area contributed by atoms with Crippen molar-refractivity contribution in [2.75, 3.05) is 13.1 Å². The summed E-state index contributed by atoms with van der Waals surface area (Å²) >= 11 is 0. The van der Waals surface area contributed by atoms with E-state index in [2.05, 4.69) is 23.4 Å². The third-order valence-corrected chi connectivity index (χ3v) is 7.17. The van der Waals surface area contributed by atoms with E-state index in [4.69, 9.17) is 4.98 Å². The van der Waals surface area contributed by atoms with Crippen molar-refractivity contribution in [3.8, 4) is 0 Å². The van der Waals surface area contributed by atoms with Crippen LogP contribution in [0, 0.1) is 23.5 Å². The van der Waals surface area contributed by atoms with Gasteiger partial charge in [-0.05, 0) is 42.5 Å². The van der Waals surface area contributed by atoms with Gasteiger partial charge in [-0.1, -0.05) is 13.8 Å². The van der Waals surface area contributed by atoms with E-state index < -0.39 is 21.7 Å². The molecule has 4 rings (SSSR count). The zero-order valence-electron chi connectivity index (χ0n) is 16.9. The Labute approximate surface area is 174 Å². The largest absolute Gasteiger partial charge is 0.312 e. The first-order chi connectivity index (χ1) is 14.2. The van der Waals surface area contributed by atoms with Crippen LogP contribution in [0.1, 0.15) is 26.1 Å². The highest BCUT2D eigenvalue weighted by Gasteiger charge is 2.34. The molecule has 1 unspecified atom stereocenters. The standard InChI is InChI=1S/C21H24F2N4O2S/c1-14(2)12-27-20(25-19-4-3-6-24-21(19)27)8-15-5-7-26(13-15)30(28,29)18-10-16(22)9-17(23)11-18/h3-4,6,9-11,14-15H,5,7-8,12-13H2,1-2H3. The van der Waals surface area contributed by atoms with Crippen molar-refractivity contribution in [2.24, 2.45) is 11.8 Å². The molecule has 1 aliphatic rings. The van der Waals surface area contributed by atoms with Crippen LogP contribution in [0.3, 0.4) is 0 Å². The van der Waals surface area contributed by atoms with Gasteiger partial charge in [-0.3, -0.25) is 0 Å². The monoisotopic (exact) mass is 434 g/mol. The molecule has 1 aliphatic heterocycles. The summed E-state index contributed by atoms with van der Waals surface area (Å²) in [6.45, 7) is 5.63. The summed E-state index contributed by atoms with van der Waals surface area (Å²) in [6.07, 6.45) is 3.02. The lowest BCUT2D eigenvalue weighted by Crippen LogP contribution is -2.29. The summed E-state index contributed by atoms with van der Waals surface area (Å²) in [7, 11) is -3.95. The number of hydrogen-bond acceptors (Lipinski definition) is 4. The molecule has 0 amide bonds. The number of imidazole rings is 1. The minimum Gasteiger partial charge on any atom is -0.312 e. The van der Waals surface area contributed by atoms with Crippen molar-refractivity contribution in [1.29, 1.82) is 0 Å². The third kappa shape index (κ3) is 4.09. The second-order valence-electron chi connectivity index (χ2n) is 8.21. The lowest BCUT2D eigenvalue weighted by Gasteiger charge is -2.17. The third-order valence-electron chi connectivity index (χ3n) is 5.32. The molecule has 1 aromatic carbocycles. The number of hydrogen-bond donors (Lipinski definition) is 0. The summed E-state index contributed by atoms with van der Waals surface area (Å²) in [5.74, 6) is -0.440. The Morgan fingerprint density at radius 3 is 2.63 bits per heavy atom. The highest BCUT2D eigenvalue weighted by atomic mass is 32.2. The first-order valence-electron chi connectivity index (χ1n) is 10.0. The number of fused-ring (bicyclic) bond motifs is 1. The number of rotatable bonds is 6. The van der Waals surface area contributed by atoms with Gasteiger partial charge in [0, 0.05) is 38.3 Å². The van der Waals surface area contributed by atoms with Crippen molar-refractivity contribution >= 4 is 21.2 Å². The molecule has 3 aromatic rings. The number of nitrogens with zero attached hydrogens (tertiary/aromatic N) is 4. The molecule has 0 spiro atoms. The van der Waals surface area contributed by atoms with Crippen molar-refractivity contribution in [1.82, 2.24) is 18.8 Å². The van der Waals surface area contributed by atoms with E-state index in [0.29, 0.717) is 37.9 Å². The molecule has 2 aromatic heterocycles. The second kappa shape index (κ2) is 8.03. The van der Waals surface area contributed by atoms with Gasteiger partial charge in [0.15, 0.2) is 5.65 Å². The van der Waals surface area contributed by atoms with Gasteiger partial charge in [-0.25, -0.2) is 27.2 Å². The van der Waals surface area contributed by atoms with Gasteiger partial charge in [-0.2, -0.15) is 4.31 Å². The Morgan fingerprint density at radius 2 is 1.93 bits per heavy atom. The van der Waals surface area contributed by atoms with Crippen LogP contribution in [-0.4, -0.2) is 40.3 Å². The molecule has 0 radical (unpaired) electrons. The first-order valence-corrected chi connectivity index (χ1v) is 11.4. The maximum atomic E-state index is 13.5. The van der Waals surface area contributed by atoms with E-state index >= 15 is 0 Å². The SMILES string of the molecule is CC(C)Cn1c(CC2CCN(S(=O)(=O)c3cc(F)cc(F)c3)C2)nc2cccnc21. The van der Waals surface area contributed by atoms with Crippen LogP contribution in [0.2, 0.25) is 0 Å². The van der Waals surface area contributed by atoms with Crippen LogP contribution in [0.5, 0.6) is 0 Å². The number of sulfonamides is 1. The molecule has 1 atom stereocenters. The fourth-order valence-electron chi connectivity index (χ4n) is 3.98. The number of aromatic nitrogens is 3. The molecule has 160 valence electrons. The maximum Gasteiger partial charge on any atom is 0.243 e. The summed E-state index contributed by atoms with van der Waals surface area (Å²) in [6, 6.07) is 6.16. The zero-order valence-corrected chi connectivity index (χ0v) is 17.7. The van der Waals surface area contributed by atoms with Gasteiger partial charge >= 0.3 is 0 Å². The predicted molar refractivity (Wildman–Crippen MR) is 109 cm³/mol. The molecule has 0 saturated carbocycles. The molecule has 0 aliphatic carbocycles. The highest BCUT2D eigenvalue weighted by molar-refractivity contribution is 7.89. The lowest BCUT2D eigenvalue weighted by atomic mass is 10.0. The Hall–Kier alpha value is -2.39. The Morgan fingerprint density at radius 1 is 1.20 bits per heavy atom. The lowest BCUT2D eigenvalue weighted by molar-refractivity contribution is 0.443. The molecular weight excluding hydrogens is 410 g/mol. The van der Waals surface area contributed by atoms with E-state index in [-0.39, 0.29) is 10.8 Å². The van der Waals surface area contributed by atoms with Gasteiger partial charge in [-0.15, -0.1) is 0 Å². The molecule has 6 nitrogen and oxygen atoms in total. The zero-order chi connectivity index (χ0) is 21.5. The summed E-state index contributed by atoms with van der Waals surface area (Å²) in [5.41, 5.74) is 1.66. The van der Waals surface area contributed by atoms with Crippen LogP contribution in [-0.2, 0) is 23.0 Å². The minimum absolute atomic E-state index is 0.0703. The number of benzene rings is 1. The topological polar surface area (TPSA) is 68.1 Å². The van der Waals surface area contributed by atoms with Crippen LogP contribution in [0.15, 0.2) is 41.4 Å². The van der Waals surface area contributed by atoms with Gasteiger partial charge in [0.25, 0.3) is 0 Å². The fraction of sp³-hybridized carbons (Fsp3) is 0.429. The second-order valence-corrected chi connectivity index (χ2v) is 10.1. The Bertz CT molecular complexity index is 1160. The summed E-state index contributed by atoms with van der Waals surface area (Å²) in [5, 5.41) is 0. The summed E-state index contributed by atoms with van der Waals surface area (Å²) in [4.78, 5) is 8.84. The summed E-state index contributed by atoms with van der Waals surface area (Å²) < 4.78 is 56.2. The average Bonchev–Trinajstić information content (AvgIpc) is 3.27. The Balaban J connectivity index is 1.56. The van der Waals surface area contributed by atoms with Crippen LogP contribution in [0.25, 0.3) is 11.2 Å². The van der Waals surface area contributed by atoms with E-state index in [0.717, 1.165) is 35.7 Å². The van der Waals surface area contributed by atoms with Crippen LogP contribution in [0.4, 0.5) is 8.78 Å². The van der Waals surface area contributed by atoms with Gasteiger partial charge in [0.1, 0.15) is 23.0 Å². The van der Waals surface area contributed by atoms with Crippen molar-refractivity contribution in [3.63, 3.8) is 0 Å². The maximum absolute atomic E-state index is 13.5. The quantitative estimate of drug-likeness (QED) is 0.594. The van der Waals surface area contributed by atoms with Crippen molar-refractivity contribution in [3.05, 3.63) is 54.0 Å². The normalized spacial score (nSPS) is 18.0. The number of pyridine rings is 1. The van der Waals surface area contributed by atoms with Gasteiger partial charge < -0.3 is 4.57 Å². The van der Waals surface area contributed by atoms with Crippen molar-refractivity contribution < 1.29 is 17.2 Å². The molecule has 30 heavy (non-hydrogen) atoms. The van der Waals surface area contributed by atoms with E-state index in [1.807, 2.05) is 12.1 Å². The minimum atomic E-state index is -3.95. The molecule has 0 bridgehead atoms. The van der Waals surface area contributed by atoms with E-state index in [9.17, 15) is 17.2 Å². The molecule has 0 N–H and O–H groups in total. The average molecular weight is 435 g/mol. The Kier molecular flexibility index (Phi) is 5.59. The van der Waals surface area contributed by atoms with Crippen LogP contribution < -0.4 is 0 Å². The van der Waals surface area contributed by atoms with Crippen molar-refractivity contribution in [2.45, 2.75) is 38.1 Å². The van der Waals surface area contributed by atoms with E-state index in [1.54, 1.807) is 6.20 Å². The smallest absolute Gasteiger partial charge is 0.243 e. The molecule has 1 saturated heterocycles. The predicted octanol–water partition coefficient (Wildman–Crippen LogP) is 3.62. The number of halogens is 2. The highest BCUT2D eigenvalue weighted by Crippen LogP contribution is 2.28. The van der Waals surface area contributed by atoms with Crippen LogP contribution >= 0.6 is 0 Å². The first kappa shape index (κ1) is 20.9. The molecule has 9 heteroatoms.